The standard InChI is InChI=1S/C17H15FNO3/c1-21-14-7-11(8-15(10-14)22-2)9-16(17(19)20)12-3-5-13(18)6-4-12/h3-10,19H,1-2H3/b16-9-. The van der Waals surface area contributed by atoms with Gasteiger partial charge in [0.25, 0.3) is 5.91 Å². The molecule has 0 aromatic heterocycles. The number of carbonyl (C=O) groups excluding carboxylic acids is 1. The van der Waals surface area contributed by atoms with Gasteiger partial charge in [0.2, 0.25) is 0 Å². The zero-order valence-corrected chi connectivity index (χ0v) is 12.2. The number of methoxy groups -OCH3 is 2. The number of carbonyl (C=O) groups is 1. The summed E-state index contributed by atoms with van der Waals surface area (Å²) in [6, 6.07) is 10.6. The first-order valence-corrected chi connectivity index (χ1v) is 6.50. The van der Waals surface area contributed by atoms with E-state index in [1.165, 1.54) is 38.5 Å². The molecule has 0 aliphatic rings. The zero-order valence-electron chi connectivity index (χ0n) is 12.2. The maximum atomic E-state index is 13.0. The lowest BCUT2D eigenvalue weighted by molar-refractivity contribution is -0.113. The summed E-state index contributed by atoms with van der Waals surface area (Å²) in [4.78, 5) is 11.6. The minimum Gasteiger partial charge on any atom is -0.497 e. The van der Waals surface area contributed by atoms with Gasteiger partial charge in [0.1, 0.15) is 17.3 Å². The maximum absolute atomic E-state index is 13.0. The number of ether oxygens (including phenoxy) is 2. The van der Waals surface area contributed by atoms with Crippen molar-refractivity contribution in [1.29, 1.82) is 0 Å². The summed E-state index contributed by atoms with van der Waals surface area (Å²) in [5, 5.41) is 0. The minimum atomic E-state index is -0.853. The number of benzene rings is 2. The third kappa shape index (κ3) is 3.63. The van der Waals surface area contributed by atoms with Gasteiger partial charge in [0.15, 0.2) is 0 Å². The highest BCUT2D eigenvalue weighted by Crippen LogP contribution is 2.26. The van der Waals surface area contributed by atoms with Gasteiger partial charge in [-0.3, -0.25) is 10.5 Å². The van der Waals surface area contributed by atoms with Crippen molar-refractivity contribution < 1.29 is 18.7 Å². The van der Waals surface area contributed by atoms with Gasteiger partial charge < -0.3 is 9.47 Å². The van der Waals surface area contributed by atoms with Crippen LogP contribution in [-0.2, 0) is 4.79 Å². The topological polar surface area (TPSA) is 59.3 Å². The fourth-order valence-corrected chi connectivity index (χ4v) is 1.99. The molecule has 4 nitrogen and oxygen atoms in total. The summed E-state index contributed by atoms with van der Waals surface area (Å²) in [5.41, 5.74) is 8.70. The molecule has 0 bridgehead atoms. The van der Waals surface area contributed by atoms with Crippen LogP contribution in [0, 0.1) is 5.82 Å². The smallest absolute Gasteiger partial charge is 0.270 e. The van der Waals surface area contributed by atoms with E-state index in [0.29, 0.717) is 22.6 Å². The lowest BCUT2D eigenvalue weighted by atomic mass is 10.0. The lowest BCUT2D eigenvalue weighted by Gasteiger charge is -2.08. The van der Waals surface area contributed by atoms with Crippen molar-refractivity contribution in [2.45, 2.75) is 0 Å². The first-order valence-electron chi connectivity index (χ1n) is 6.50. The van der Waals surface area contributed by atoms with Crippen LogP contribution in [0.1, 0.15) is 11.1 Å². The predicted molar refractivity (Wildman–Crippen MR) is 81.9 cm³/mol. The first-order chi connectivity index (χ1) is 10.5. The molecule has 0 aliphatic carbocycles. The van der Waals surface area contributed by atoms with Crippen LogP contribution in [0.4, 0.5) is 4.39 Å². The molecular weight excluding hydrogens is 285 g/mol. The molecule has 0 saturated heterocycles. The van der Waals surface area contributed by atoms with Crippen LogP contribution in [-0.4, -0.2) is 20.1 Å². The number of rotatable bonds is 5. The van der Waals surface area contributed by atoms with E-state index in [2.05, 4.69) is 0 Å². The van der Waals surface area contributed by atoms with Gasteiger partial charge in [0, 0.05) is 11.6 Å². The molecule has 2 aromatic carbocycles. The second kappa shape index (κ2) is 6.76. The Morgan fingerprint density at radius 2 is 1.59 bits per heavy atom. The fourth-order valence-electron chi connectivity index (χ4n) is 1.99. The van der Waals surface area contributed by atoms with Gasteiger partial charge in [0.05, 0.1) is 14.2 Å². The van der Waals surface area contributed by atoms with Crippen molar-refractivity contribution in [3.63, 3.8) is 0 Å². The normalized spacial score (nSPS) is 11.1. The van der Waals surface area contributed by atoms with E-state index < -0.39 is 11.7 Å². The summed E-state index contributed by atoms with van der Waals surface area (Å²) in [7, 11) is 3.05. The van der Waals surface area contributed by atoms with Crippen LogP contribution in [0.2, 0.25) is 0 Å². The van der Waals surface area contributed by atoms with Gasteiger partial charge >= 0.3 is 0 Å². The van der Waals surface area contributed by atoms with E-state index in [1.54, 1.807) is 24.3 Å². The summed E-state index contributed by atoms with van der Waals surface area (Å²) in [5.74, 6) is -0.111. The van der Waals surface area contributed by atoms with Crippen LogP contribution in [0.25, 0.3) is 11.6 Å². The second-order valence-corrected chi connectivity index (χ2v) is 4.54. The predicted octanol–water partition coefficient (Wildman–Crippen LogP) is 3.19. The van der Waals surface area contributed by atoms with Gasteiger partial charge in [-0.25, -0.2) is 4.39 Å². The lowest BCUT2D eigenvalue weighted by Crippen LogP contribution is -2.02. The molecule has 1 N–H and O–H groups in total. The van der Waals surface area contributed by atoms with Crippen molar-refractivity contribution in [3.05, 3.63) is 59.4 Å². The van der Waals surface area contributed by atoms with Crippen LogP contribution < -0.4 is 15.2 Å². The summed E-state index contributed by atoms with van der Waals surface area (Å²) < 4.78 is 23.3. The molecule has 0 unspecified atom stereocenters. The highest BCUT2D eigenvalue weighted by molar-refractivity contribution is 6.23. The van der Waals surface area contributed by atoms with Crippen molar-refractivity contribution in [3.8, 4) is 11.5 Å². The van der Waals surface area contributed by atoms with Crippen molar-refractivity contribution in [2.75, 3.05) is 14.2 Å². The molecule has 0 atom stereocenters. The highest BCUT2D eigenvalue weighted by atomic mass is 19.1. The Morgan fingerprint density at radius 3 is 2.05 bits per heavy atom. The molecule has 1 amide bonds. The average molecular weight is 300 g/mol. The summed E-state index contributed by atoms with van der Waals surface area (Å²) >= 11 is 0. The molecule has 2 rings (SSSR count). The summed E-state index contributed by atoms with van der Waals surface area (Å²) in [6.45, 7) is 0. The van der Waals surface area contributed by atoms with Crippen LogP contribution in [0.3, 0.4) is 0 Å². The van der Waals surface area contributed by atoms with E-state index in [4.69, 9.17) is 15.2 Å². The third-order valence-electron chi connectivity index (χ3n) is 3.08. The molecule has 2 aromatic rings. The second-order valence-electron chi connectivity index (χ2n) is 4.54. The van der Waals surface area contributed by atoms with Gasteiger partial charge in [-0.05, 0) is 41.5 Å². The van der Waals surface area contributed by atoms with Crippen LogP contribution >= 0.6 is 0 Å². The Balaban J connectivity index is 2.50. The van der Waals surface area contributed by atoms with E-state index >= 15 is 0 Å². The molecular formula is C17H15FNO3. The minimum absolute atomic E-state index is 0.162. The largest absolute Gasteiger partial charge is 0.497 e. The number of halogens is 1. The molecule has 0 fully saturated rings. The SMILES string of the molecule is COc1cc(/C=C(\C([NH])=O)c2ccc(F)cc2)cc(OC)c1. The Labute approximate surface area is 128 Å². The molecule has 0 heterocycles. The average Bonchev–Trinajstić information content (AvgIpc) is 2.53. The number of amides is 1. The molecule has 22 heavy (non-hydrogen) atoms. The quantitative estimate of drug-likeness (QED) is 0.629. The van der Waals surface area contributed by atoms with Crippen molar-refractivity contribution >= 4 is 17.6 Å². The first kappa shape index (κ1) is 15.6. The van der Waals surface area contributed by atoms with Crippen molar-refractivity contribution in [1.82, 2.24) is 5.73 Å². The molecule has 0 spiro atoms. The Bertz CT molecular complexity index is 686. The number of hydrogen-bond donors (Lipinski definition) is 0. The van der Waals surface area contributed by atoms with E-state index in [9.17, 15) is 9.18 Å². The van der Waals surface area contributed by atoms with E-state index in [-0.39, 0.29) is 5.57 Å². The van der Waals surface area contributed by atoms with Crippen molar-refractivity contribution in [2.24, 2.45) is 0 Å². The maximum Gasteiger partial charge on any atom is 0.270 e. The Hall–Kier alpha value is -2.82. The monoisotopic (exact) mass is 300 g/mol. The Kier molecular flexibility index (Phi) is 4.78. The molecule has 0 aliphatic heterocycles. The van der Waals surface area contributed by atoms with Crippen LogP contribution in [0.15, 0.2) is 42.5 Å². The van der Waals surface area contributed by atoms with E-state index in [1.807, 2.05) is 0 Å². The van der Waals surface area contributed by atoms with Gasteiger partial charge in [-0.2, -0.15) is 0 Å². The number of nitrogens with one attached hydrogen (secondary N) is 1. The van der Waals surface area contributed by atoms with Crippen LogP contribution in [0.5, 0.6) is 11.5 Å². The zero-order chi connectivity index (χ0) is 16.1. The third-order valence-corrected chi connectivity index (χ3v) is 3.08. The highest BCUT2D eigenvalue weighted by Gasteiger charge is 2.10. The molecule has 1 radical (unpaired) electrons. The van der Waals surface area contributed by atoms with Gasteiger partial charge in [-0.1, -0.05) is 12.1 Å². The van der Waals surface area contributed by atoms with Gasteiger partial charge in [-0.15, -0.1) is 0 Å². The fraction of sp³-hybridized carbons (Fsp3) is 0.118. The molecule has 5 heteroatoms. The molecule has 0 saturated carbocycles. The summed E-state index contributed by atoms with van der Waals surface area (Å²) in [6.07, 6.45) is 1.55. The Morgan fingerprint density at radius 1 is 1.05 bits per heavy atom. The number of hydrogen-bond acceptors (Lipinski definition) is 3. The molecule has 113 valence electrons. The van der Waals surface area contributed by atoms with E-state index in [0.717, 1.165) is 0 Å².